The van der Waals surface area contributed by atoms with Crippen molar-refractivity contribution in [2.45, 2.75) is 38.8 Å². The molecule has 0 bridgehead atoms. The lowest BCUT2D eigenvalue weighted by molar-refractivity contribution is 0.102. The Morgan fingerprint density at radius 1 is 1.27 bits per heavy atom. The highest BCUT2D eigenvalue weighted by atomic mass is 16.1. The van der Waals surface area contributed by atoms with Crippen LogP contribution in [0.5, 0.6) is 0 Å². The quantitative estimate of drug-likeness (QED) is 0.783. The topological polar surface area (TPSA) is 75.4 Å². The molecule has 7 nitrogen and oxygen atoms in total. The first-order chi connectivity index (χ1) is 12.7. The van der Waals surface area contributed by atoms with Gasteiger partial charge in [-0.3, -0.25) is 9.69 Å². The number of anilines is 1. The number of pyridine rings is 1. The van der Waals surface area contributed by atoms with Gasteiger partial charge in [-0.15, -0.1) is 5.10 Å². The number of carbonyl (C=O) groups is 1. The molecule has 0 saturated carbocycles. The molecule has 134 valence electrons. The molecule has 1 fully saturated rings. The maximum absolute atomic E-state index is 12.6. The van der Waals surface area contributed by atoms with Crippen molar-refractivity contribution in [2.75, 3.05) is 11.9 Å². The van der Waals surface area contributed by atoms with E-state index in [4.69, 9.17) is 0 Å². The van der Waals surface area contributed by atoms with Crippen molar-refractivity contribution in [3.05, 3.63) is 53.7 Å². The molecule has 1 aliphatic rings. The zero-order chi connectivity index (χ0) is 17.9. The molecule has 3 heterocycles. The first-order valence-corrected chi connectivity index (χ1v) is 9.02. The highest BCUT2D eigenvalue weighted by Crippen LogP contribution is 2.21. The van der Waals surface area contributed by atoms with Crippen molar-refractivity contribution in [3.63, 3.8) is 0 Å². The van der Waals surface area contributed by atoms with Gasteiger partial charge in [0.15, 0.2) is 5.65 Å². The van der Waals surface area contributed by atoms with Crippen molar-refractivity contribution in [2.24, 2.45) is 0 Å². The molecule has 1 aromatic carbocycles. The number of likely N-dealkylation sites (tertiary alicyclic amines) is 1. The molecule has 0 spiro atoms. The van der Waals surface area contributed by atoms with Gasteiger partial charge in [-0.25, -0.2) is 0 Å². The molecule has 0 aliphatic carbocycles. The molecule has 7 heteroatoms. The minimum atomic E-state index is -0.214. The summed E-state index contributed by atoms with van der Waals surface area (Å²) in [7, 11) is 0. The Morgan fingerprint density at radius 3 is 3.08 bits per heavy atom. The van der Waals surface area contributed by atoms with Crippen molar-refractivity contribution in [1.29, 1.82) is 0 Å². The van der Waals surface area contributed by atoms with E-state index in [1.807, 2.05) is 18.2 Å². The number of nitrogens with one attached hydrogen (secondary N) is 1. The van der Waals surface area contributed by atoms with Crippen LogP contribution >= 0.6 is 0 Å². The number of fused-ring (bicyclic) bond motifs is 1. The van der Waals surface area contributed by atoms with Crippen LogP contribution in [0.4, 0.5) is 5.69 Å². The largest absolute Gasteiger partial charge is 0.322 e. The van der Waals surface area contributed by atoms with Gasteiger partial charge in [0.1, 0.15) is 0 Å². The molecule has 26 heavy (non-hydrogen) atoms. The van der Waals surface area contributed by atoms with Crippen molar-refractivity contribution in [3.8, 4) is 0 Å². The average Bonchev–Trinajstić information content (AvgIpc) is 3.12. The number of carbonyl (C=O) groups excluding carboxylic acids is 1. The van der Waals surface area contributed by atoms with Gasteiger partial charge < -0.3 is 5.32 Å². The number of benzene rings is 1. The molecule has 2 aromatic heterocycles. The Balaban J connectivity index is 1.50. The Kier molecular flexibility index (Phi) is 4.62. The van der Waals surface area contributed by atoms with Gasteiger partial charge in [0.2, 0.25) is 0 Å². The number of piperidine rings is 1. The first kappa shape index (κ1) is 16.7. The fraction of sp³-hybridized carbons (Fsp3) is 0.368. The van der Waals surface area contributed by atoms with Crippen LogP contribution in [0.25, 0.3) is 5.65 Å². The zero-order valence-electron chi connectivity index (χ0n) is 14.8. The van der Waals surface area contributed by atoms with Crippen LogP contribution < -0.4 is 5.32 Å². The van der Waals surface area contributed by atoms with Gasteiger partial charge in [0.05, 0.1) is 5.56 Å². The highest BCUT2D eigenvalue weighted by Gasteiger charge is 2.18. The van der Waals surface area contributed by atoms with E-state index in [1.165, 1.54) is 29.3 Å². The van der Waals surface area contributed by atoms with Crippen LogP contribution in [0, 0.1) is 0 Å². The molecule has 3 aromatic rings. The number of hydrogen-bond acceptors (Lipinski definition) is 5. The summed E-state index contributed by atoms with van der Waals surface area (Å²) in [6.07, 6.45) is 5.55. The second-order valence-corrected chi connectivity index (χ2v) is 6.84. The molecule has 1 amide bonds. The average molecular weight is 350 g/mol. The van der Waals surface area contributed by atoms with Crippen molar-refractivity contribution in [1.82, 2.24) is 24.9 Å². The summed E-state index contributed by atoms with van der Waals surface area (Å²) in [5, 5.41) is 14.3. The third-order valence-electron chi connectivity index (χ3n) is 4.98. The van der Waals surface area contributed by atoms with Gasteiger partial charge >= 0.3 is 0 Å². The highest BCUT2D eigenvalue weighted by molar-refractivity contribution is 6.08. The van der Waals surface area contributed by atoms with Crippen LogP contribution in [0.2, 0.25) is 0 Å². The summed E-state index contributed by atoms with van der Waals surface area (Å²) < 4.78 is 1.49. The number of rotatable bonds is 4. The van der Waals surface area contributed by atoms with E-state index in [0.717, 1.165) is 18.8 Å². The summed E-state index contributed by atoms with van der Waals surface area (Å²) in [4.78, 5) is 15.2. The Hall–Kier alpha value is -2.80. The molecule has 1 N–H and O–H groups in total. The summed E-state index contributed by atoms with van der Waals surface area (Å²) in [6.45, 7) is 4.34. The van der Waals surface area contributed by atoms with Crippen LogP contribution in [0.3, 0.4) is 0 Å². The van der Waals surface area contributed by atoms with E-state index in [9.17, 15) is 4.79 Å². The lowest BCUT2D eigenvalue weighted by Gasteiger charge is -2.33. The Morgan fingerprint density at radius 2 is 2.19 bits per heavy atom. The zero-order valence-corrected chi connectivity index (χ0v) is 14.8. The maximum Gasteiger partial charge on any atom is 0.259 e. The Bertz CT molecular complexity index is 921. The summed E-state index contributed by atoms with van der Waals surface area (Å²) in [6, 6.07) is 12.1. The van der Waals surface area contributed by atoms with E-state index < -0.39 is 0 Å². The lowest BCUT2D eigenvalue weighted by Crippen LogP contribution is -2.36. The van der Waals surface area contributed by atoms with Gasteiger partial charge in [0.25, 0.3) is 5.91 Å². The predicted octanol–water partition coefficient (Wildman–Crippen LogP) is 2.75. The third kappa shape index (κ3) is 3.43. The van der Waals surface area contributed by atoms with Gasteiger partial charge in [-0.05, 0) is 66.6 Å². The minimum absolute atomic E-state index is 0.214. The van der Waals surface area contributed by atoms with E-state index >= 15 is 0 Å². The van der Waals surface area contributed by atoms with Crippen LogP contribution in [0.15, 0.2) is 42.6 Å². The first-order valence-electron chi connectivity index (χ1n) is 9.02. The monoisotopic (exact) mass is 350 g/mol. The summed E-state index contributed by atoms with van der Waals surface area (Å²) >= 11 is 0. The summed E-state index contributed by atoms with van der Waals surface area (Å²) in [5.41, 5.74) is 2.89. The van der Waals surface area contributed by atoms with E-state index in [-0.39, 0.29) is 5.91 Å². The summed E-state index contributed by atoms with van der Waals surface area (Å²) in [5.74, 6) is -0.214. The Labute approximate surface area is 152 Å². The fourth-order valence-corrected chi connectivity index (χ4v) is 3.52. The predicted molar refractivity (Wildman–Crippen MR) is 98.9 cm³/mol. The van der Waals surface area contributed by atoms with Gasteiger partial charge in [-0.1, -0.05) is 18.6 Å². The molecule has 4 rings (SSSR count). The second-order valence-electron chi connectivity index (χ2n) is 6.84. The SMILES string of the molecule is C[C@@H]1CCCCN1Cc1cccc(NC(=O)c2cccn3nnnc23)c1. The van der Waals surface area contributed by atoms with Crippen LogP contribution in [0.1, 0.15) is 42.1 Å². The molecule has 1 saturated heterocycles. The lowest BCUT2D eigenvalue weighted by atomic mass is 10.0. The van der Waals surface area contributed by atoms with Gasteiger partial charge in [0, 0.05) is 24.5 Å². The number of nitrogens with zero attached hydrogens (tertiary/aromatic N) is 5. The molecule has 0 unspecified atom stereocenters. The molecular formula is C19H22N6O. The minimum Gasteiger partial charge on any atom is -0.322 e. The second kappa shape index (κ2) is 7.21. The van der Waals surface area contributed by atoms with Crippen LogP contribution in [-0.4, -0.2) is 43.4 Å². The molecular weight excluding hydrogens is 328 g/mol. The van der Waals surface area contributed by atoms with Crippen molar-refractivity contribution >= 4 is 17.2 Å². The fourth-order valence-electron chi connectivity index (χ4n) is 3.52. The van der Waals surface area contributed by atoms with Crippen molar-refractivity contribution < 1.29 is 4.79 Å². The smallest absolute Gasteiger partial charge is 0.259 e. The number of amides is 1. The normalized spacial score (nSPS) is 18.1. The molecule has 1 atom stereocenters. The standard InChI is InChI=1S/C19H22N6O/c1-14-6-2-3-10-24(14)13-15-7-4-8-16(12-15)20-19(26)17-9-5-11-25-18(17)21-22-23-25/h4-5,7-9,11-12,14H,2-3,6,10,13H2,1H3,(H,20,26)/t14-/m1/s1. The maximum atomic E-state index is 12.6. The number of hydrogen-bond donors (Lipinski definition) is 1. The van der Waals surface area contributed by atoms with Crippen LogP contribution in [-0.2, 0) is 6.54 Å². The number of tetrazole rings is 1. The van der Waals surface area contributed by atoms with E-state index in [0.29, 0.717) is 17.3 Å². The van der Waals surface area contributed by atoms with E-state index in [1.54, 1.807) is 18.3 Å². The van der Waals surface area contributed by atoms with Gasteiger partial charge in [-0.2, -0.15) is 4.52 Å². The molecule has 0 radical (unpaired) electrons. The number of aromatic nitrogens is 4. The molecule has 1 aliphatic heterocycles. The van der Waals surface area contributed by atoms with E-state index in [2.05, 4.69) is 38.7 Å². The third-order valence-corrected chi connectivity index (χ3v) is 4.98.